The summed E-state index contributed by atoms with van der Waals surface area (Å²) >= 11 is 5.92. The lowest BCUT2D eigenvalue weighted by atomic mass is 9.84. The van der Waals surface area contributed by atoms with Gasteiger partial charge in [0.1, 0.15) is 23.5 Å². The maximum absolute atomic E-state index is 13.6. The van der Waals surface area contributed by atoms with E-state index in [1.54, 1.807) is 6.92 Å². The maximum atomic E-state index is 13.6. The molecule has 1 saturated heterocycles. The molecule has 2 aromatic heterocycles. The second kappa shape index (κ2) is 10.3. The van der Waals surface area contributed by atoms with Gasteiger partial charge in [0, 0.05) is 37.6 Å². The first kappa shape index (κ1) is 24.5. The predicted octanol–water partition coefficient (Wildman–Crippen LogP) is 3.81. The van der Waals surface area contributed by atoms with Crippen molar-refractivity contribution in [1.82, 2.24) is 24.7 Å². The molecular formula is C22H32ClN5O4S. The lowest BCUT2D eigenvalue weighted by Crippen LogP contribution is -2.33. The molecule has 2 fully saturated rings. The van der Waals surface area contributed by atoms with E-state index in [4.69, 9.17) is 21.1 Å². The normalized spacial score (nSPS) is 20.0. The Morgan fingerprint density at radius 2 is 1.79 bits per heavy atom. The number of hydrogen-bond donors (Lipinski definition) is 0. The number of rotatable bonds is 9. The summed E-state index contributed by atoms with van der Waals surface area (Å²) in [5.41, 5.74) is 0. The van der Waals surface area contributed by atoms with Crippen LogP contribution in [0.1, 0.15) is 88.4 Å². The molecule has 182 valence electrons. The Bertz CT molecular complexity index is 1030. The van der Waals surface area contributed by atoms with Crippen LogP contribution in [0.4, 0.5) is 0 Å². The van der Waals surface area contributed by atoms with Gasteiger partial charge >= 0.3 is 0 Å². The molecule has 0 spiro atoms. The third-order valence-corrected chi connectivity index (χ3v) is 8.69. The molecule has 0 N–H and O–H groups in total. The van der Waals surface area contributed by atoms with Gasteiger partial charge in [-0.05, 0) is 46.5 Å². The van der Waals surface area contributed by atoms with Crippen molar-refractivity contribution < 1.29 is 17.9 Å². The third kappa shape index (κ3) is 5.55. The first-order valence-electron chi connectivity index (χ1n) is 11.6. The van der Waals surface area contributed by atoms with Crippen LogP contribution in [0.2, 0.25) is 5.02 Å². The Labute approximate surface area is 200 Å². The van der Waals surface area contributed by atoms with Crippen molar-refractivity contribution >= 4 is 21.4 Å². The zero-order valence-electron chi connectivity index (χ0n) is 19.4. The van der Waals surface area contributed by atoms with E-state index in [2.05, 4.69) is 24.7 Å². The van der Waals surface area contributed by atoms with E-state index < -0.39 is 21.2 Å². The van der Waals surface area contributed by atoms with Gasteiger partial charge in [-0.1, -0.05) is 18.0 Å². The Balaban J connectivity index is 1.62. The highest BCUT2D eigenvalue weighted by Crippen LogP contribution is 2.38. The van der Waals surface area contributed by atoms with E-state index in [-0.39, 0.29) is 17.9 Å². The van der Waals surface area contributed by atoms with Gasteiger partial charge in [-0.15, -0.1) is 10.2 Å². The van der Waals surface area contributed by atoms with Gasteiger partial charge in [-0.25, -0.2) is 18.4 Å². The summed E-state index contributed by atoms with van der Waals surface area (Å²) in [6.45, 7) is 6.67. The lowest BCUT2D eigenvalue weighted by molar-refractivity contribution is 0.00142. The Hall–Kier alpha value is -1.62. The minimum atomic E-state index is -3.67. The van der Waals surface area contributed by atoms with Crippen molar-refractivity contribution in [2.24, 2.45) is 0 Å². The first-order chi connectivity index (χ1) is 15.8. The molecule has 1 saturated carbocycles. The van der Waals surface area contributed by atoms with Crippen molar-refractivity contribution in [3.05, 3.63) is 34.9 Å². The molecule has 0 radical (unpaired) electrons. The Morgan fingerprint density at radius 3 is 2.36 bits per heavy atom. The number of aromatic nitrogens is 5. The summed E-state index contributed by atoms with van der Waals surface area (Å²) in [6.07, 6.45) is 6.85. The standard InChI is InChI=1S/C22H32ClN5O4S/c1-14(2)32-20(21-24-11-17(23)12-25-21)15(3)33(29,30)13-19-26-27-22(16-5-4-6-16)28(19)18-7-9-31-10-8-18/h11-12,14-16,18,20H,4-10,13H2,1-3H3/t15-,20+/m0/s1. The predicted molar refractivity (Wildman–Crippen MR) is 124 cm³/mol. The molecular weight excluding hydrogens is 466 g/mol. The third-order valence-electron chi connectivity index (χ3n) is 6.46. The number of hydrogen-bond acceptors (Lipinski definition) is 8. The Morgan fingerprint density at radius 1 is 1.12 bits per heavy atom. The van der Waals surface area contributed by atoms with Gasteiger partial charge < -0.3 is 14.0 Å². The van der Waals surface area contributed by atoms with E-state index in [9.17, 15) is 8.42 Å². The van der Waals surface area contributed by atoms with Crippen LogP contribution in [0.25, 0.3) is 0 Å². The van der Waals surface area contributed by atoms with E-state index >= 15 is 0 Å². The van der Waals surface area contributed by atoms with Crippen LogP contribution in [0, 0.1) is 0 Å². The van der Waals surface area contributed by atoms with Crippen molar-refractivity contribution in [2.45, 2.75) is 88.0 Å². The number of sulfone groups is 1. The van der Waals surface area contributed by atoms with Crippen molar-refractivity contribution in [1.29, 1.82) is 0 Å². The zero-order chi connectivity index (χ0) is 23.6. The summed E-state index contributed by atoms with van der Waals surface area (Å²) in [5, 5.41) is 8.32. The summed E-state index contributed by atoms with van der Waals surface area (Å²) < 4.78 is 40.8. The van der Waals surface area contributed by atoms with Gasteiger partial charge in [0.2, 0.25) is 0 Å². The number of halogens is 1. The van der Waals surface area contributed by atoms with Gasteiger partial charge in [0.05, 0.1) is 16.4 Å². The molecule has 33 heavy (non-hydrogen) atoms. The zero-order valence-corrected chi connectivity index (χ0v) is 20.9. The van der Waals surface area contributed by atoms with E-state index in [0.717, 1.165) is 31.5 Å². The molecule has 2 aromatic rings. The fraction of sp³-hybridized carbons (Fsp3) is 0.727. The van der Waals surface area contributed by atoms with Crippen molar-refractivity contribution in [3.63, 3.8) is 0 Å². The van der Waals surface area contributed by atoms with Gasteiger partial charge in [0.25, 0.3) is 0 Å². The van der Waals surface area contributed by atoms with Crippen LogP contribution in [0.15, 0.2) is 12.4 Å². The molecule has 4 rings (SSSR count). The highest BCUT2D eigenvalue weighted by molar-refractivity contribution is 7.91. The van der Waals surface area contributed by atoms with Crippen LogP contribution in [0.3, 0.4) is 0 Å². The molecule has 1 aliphatic carbocycles. The van der Waals surface area contributed by atoms with Crippen LogP contribution >= 0.6 is 11.6 Å². The summed E-state index contributed by atoms with van der Waals surface area (Å²) in [5.74, 6) is 1.86. The Kier molecular flexibility index (Phi) is 7.67. The van der Waals surface area contributed by atoms with E-state index in [1.807, 2.05) is 13.8 Å². The second-order valence-electron chi connectivity index (χ2n) is 9.19. The van der Waals surface area contributed by atoms with Crippen LogP contribution in [0.5, 0.6) is 0 Å². The van der Waals surface area contributed by atoms with Crippen molar-refractivity contribution in [2.75, 3.05) is 13.2 Å². The lowest BCUT2D eigenvalue weighted by Gasteiger charge is -2.31. The molecule has 1 aliphatic heterocycles. The van der Waals surface area contributed by atoms with Gasteiger partial charge in [-0.3, -0.25) is 0 Å². The average Bonchev–Trinajstić information content (AvgIpc) is 3.13. The fourth-order valence-electron chi connectivity index (χ4n) is 4.37. The minimum absolute atomic E-state index is 0.159. The van der Waals surface area contributed by atoms with Gasteiger partial charge in [0.15, 0.2) is 15.7 Å². The van der Waals surface area contributed by atoms with Gasteiger partial charge in [-0.2, -0.15) is 0 Å². The molecule has 3 heterocycles. The minimum Gasteiger partial charge on any atom is -0.381 e. The second-order valence-corrected chi connectivity index (χ2v) is 12.0. The van der Waals surface area contributed by atoms with E-state index in [0.29, 0.717) is 35.8 Å². The molecule has 9 nitrogen and oxygen atoms in total. The monoisotopic (exact) mass is 497 g/mol. The quantitative estimate of drug-likeness (QED) is 0.514. The molecule has 0 bridgehead atoms. The smallest absolute Gasteiger partial charge is 0.163 e. The molecule has 11 heteroatoms. The average molecular weight is 498 g/mol. The number of nitrogens with zero attached hydrogens (tertiary/aromatic N) is 5. The highest BCUT2D eigenvalue weighted by atomic mass is 35.5. The highest BCUT2D eigenvalue weighted by Gasteiger charge is 2.37. The molecule has 0 aromatic carbocycles. The number of ether oxygens (including phenoxy) is 2. The molecule has 2 aliphatic rings. The van der Waals surface area contributed by atoms with Crippen LogP contribution in [-0.2, 0) is 25.1 Å². The van der Waals surface area contributed by atoms with Crippen molar-refractivity contribution in [3.8, 4) is 0 Å². The van der Waals surface area contributed by atoms with Crippen LogP contribution < -0.4 is 0 Å². The topological polar surface area (TPSA) is 109 Å². The molecule has 2 atom stereocenters. The van der Waals surface area contributed by atoms with Crippen LogP contribution in [-0.4, -0.2) is 57.7 Å². The SMILES string of the molecule is CC(C)O[C@@H](c1ncc(Cl)cn1)[C@H](C)S(=O)(=O)Cc1nnc(C2CCC2)n1C1CCOCC1. The molecule has 0 amide bonds. The first-order valence-corrected chi connectivity index (χ1v) is 13.7. The summed E-state index contributed by atoms with van der Waals surface area (Å²) in [7, 11) is -3.67. The summed E-state index contributed by atoms with van der Waals surface area (Å²) in [6, 6.07) is 0.159. The molecule has 0 unspecified atom stereocenters. The maximum Gasteiger partial charge on any atom is 0.163 e. The largest absolute Gasteiger partial charge is 0.381 e. The fourth-order valence-corrected chi connectivity index (χ4v) is 5.85. The van der Waals surface area contributed by atoms with E-state index in [1.165, 1.54) is 18.8 Å². The summed E-state index contributed by atoms with van der Waals surface area (Å²) in [4.78, 5) is 8.46.